The first kappa shape index (κ1) is 17.4. The lowest BCUT2D eigenvalue weighted by molar-refractivity contribution is 0.0827. The van der Waals surface area contributed by atoms with Crippen LogP contribution in [-0.4, -0.2) is 29.8 Å². The molecule has 0 amide bonds. The van der Waals surface area contributed by atoms with Crippen LogP contribution in [0.25, 0.3) is 0 Å². The lowest BCUT2D eigenvalue weighted by Gasteiger charge is -2.30. The molecular formula is C4H13O10P3. The maximum atomic E-state index is 11.1. The second-order valence-electron chi connectivity index (χ2n) is 3.20. The Morgan fingerprint density at radius 2 is 1.47 bits per heavy atom. The zero-order valence-electron chi connectivity index (χ0n) is 8.83. The summed E-state index contributed by atoms with van der Waals surface area (Å²) in [5.74, 6) is 0. The highest BCUT2D eigenvalue weighted by atomic mass is 31.3. The second kappa shape index (κ2) is 5.19. The fourth-order valence-corrected chi connectivity index (χ4v) is 3.71. The SMILES string of the molecule is CCC(C)(OP(=O)(O)OP(=O)(O)O)P(=O)(O)O. The molecule has 0 bridgehead atoms. The predicted octanol–water partition coefficient (Wildman–Crippen LogP) is 0.517. The van der Waals surface area contributed by atoms with E-state index < -0.39 is 28.6 Å². The molecule has 0 saturated carbocycles. The van der Waals surface area contributed by atoms with Crippen molar-refractivity contribution in [1.29, 1.82) is 0 Å². The van der Waals surface area contributed by atoms with Crippen molar-refractivity contribution >= 4 is 23.2 Å². The molecular weight excluding hydrogens is 301 g/mol. The summed E-state index contributed by atoms with van der Waals surface area (Å²) >= 11 is 0. The van der Waals surface area contributed by atoms with Gasteiger partial charge in [-0.15, -0.1) is 0 Å². The van der Waals surface area contributed by atoms with Gasteiger partial charge in [0.2, 0.25) is 0 Å². The molecule has 13 heteroatoms. The van der Waals surface area contributed by atoms with Gasteiger partial charge < -0.3 is 24.5 Å². The Balaban J connectivity index is 5.11. The Morgan fingerprint density at radius 3 is 1.71 bits per heavy atom. The van der Waals surface area contributed by atoms with Gasteiger partial charge in [-0.25, -0.2) is 9.13 Å². The molecule has 0 radical (unpaired) electrons. The van der Waals surface area contributed by atoms with Gasteiger partial charge in [0.05, 0.1) is 0 Å². The summed E-state index contributed by atoms with van der Waals surface area (Å²) in [6, 6.07) is 0. The van der Waals surface area contributed by atoms with E-state index >= 15 is 0 Å². The minimum Gasteiger partial charge on any atom is -0.322 e. The summed E-state index contributed by atoms with van der Waals surface area (Å²) in [4.78, 5) is 43.4. The molecule has 0 heterocycles. The third kappa shape index (κ3) is 5.72. The molecule has 0 aromatic rings. The lowest BCUT2D eigenvalue weighted by Crippen LogP contribution is -2.26. The molecule has 10 nitrogen and oxygen atoms in total. The van der Waals surface area contributed by atoms with Crippen LogP contribution in [-0.2, 0) is 22.5 Å². The van der Waals surface area contributed by atoms with E-state index in [1.54, 1.807) is 0 Å². The van der Waals surface area contributed by atoms with Gasteiger partial charge in [0, 0.05) is 0 Å². The van der Waals surface area contributed by atoms with Crippen molar-refractivity contribution in [2.24, 2.45) is 0 Å². The Kier molecular flexibility index (Phi) is 5.31. The van der Waals surface area contributed by atoms with Gasteiger partial charge in [-0.3, -0.25) is 9.09 Å². The van der Waals surface area contributed by atoms with Crippen LogP contribution in [0.4, 0.5) is 0 Å². The highest BCUT2D eigenvalue weighted by Gasteiger charge is 2.49. The number of hydrogen-bond donors (Lipinski definition) is 5. The van der Waals surface area contributed by atoms with Crippen molar-refractivity contribution in [3.63, 3.8) is 0 Å². The topological polar surface area (TPSA) is 171 Å². The highest BCUT2D eigenvalue weighted by Crippen LogP contribution is 2.65. The van der Waals surface area contributed by atoms with E-state index in [1.165, 1.54) is 6.92 Å². The van der Waals surface area contributed by atoms with Crippen LogP contribution in [0.2, 0.25) is 0 Å². The molecule has 0 fully saturated rings. The van der Waals surface area contributed by atoms with E-state index in [2.05, 4.69) is 8.83 Å². The molecule has 0 spiro atoms. The molecule has 0 aliphatic carbocycles. The minimum atomic E-state index is -5.33. The van der Waals surface area contributed by atoms with Gasteiger partial charge >= 0.3 is 23.2 Å². The first-order valence-corrected chi connectivity index (χ1v) is 8.72. The van der Waals surface area contributed by atoms with Gasteiger partial charge in [0.15, 0.2) is 5.34 Å². The van der Waals surface area contributed by atoms with E-state index in [4.69, 9.17) is 24.5 Å². The van der Waals surface area contributed by atoms with E-state index in [-0.39, 0.29) is 6.42 Å². The van der Waals surface area contributed by atoms with Crippen LogP contribution in [0.5, 0.6) is 0 Å². The van der Waals surface area contributed by atoms with Crippen LogP contribution in [0, 0.1) is 0 Å². The third-order valence-electron chi connectivity index (χ3n) is 1.79. The fourth-order valence-electron chi connectivity index (χ4n) is 0.723. The maximum Gasteiger partial charge on any atom is 0.482 e. The number of phosphoric ester groups is 1. The number of phosphoric acid groups is 2. The molecule has 5 N–H and O–H groups in total. The Labute approximate surface area is 96.6 Å². The summed E-state index contributed by atoms with van der Waals surface area (Å²) in [5, 5.41) is -2.38. The maximum absolute atomic E-state index is 11.1. The van der Waals surface area contributed by atoms with E-state index in [1.807, 2.05) is 0 Å². The molecule has 17 heavy (non-hydrogen) atoms. The number of hydrogen-bond acceptors (Lipinski definition) is 5. The standard InChI is InChI=1S/C4H13O10P3/c1-3-4(2,15(5,6)7)13-17(11,12)14-16(8,9)10/h3H2,1-2H3,(H,11,12)(H2,5,6,7)(H2,8,9,10). The van der Waals surface area contributed by atoms with Crippen molar-refractivity contribution in [1.82, 2.24) is 0 Å². The van der Waals surface area contributed by atoms with Crippen LogP contribution < -0.4 is 0 Å². The van der Waals surface area contributed by atoms with E-state index in [9.17, 15) is 13.7 Å². The van der Waals surface area contributed by atoms with Crippen LogP contribution in [0.1, 0.15) is 20.3 Å². The Hall–Kier alpha value is 0.410. The third-order valence-corrected chi connectivity index (χ3v) is 5.89. The second-order valence-corrected chi connectivity index (χ2v) is 7.99. The van der Waals surface area contributed by atoms with Gasteiger partial charge in [0.1, 0.15) is 0 Å². The monoisotopic (exact) mass is 314 g/mol. The van der Waals surface area contributed by atoms with Gasteiger partial charge in [-0.2, -0.15) is 4.31 Å². The first-order valence-electron chi connectivity index (χ1n) is 4.08. The van der Waals surface area contributed by atoms with E-state index in [0.29, 0.717) is 0 Å². The normalized spacial score (nSPS) is 20.6. The van der Waals surface area contributed by atoms with Gasteiger partial charge in [-0.1, -0.05) is 6.92 Å². The predicted molar refractivity (Wildman–Crippen MR) is 54.8 cm³/mol. The average Bonchev–Trinajstić information content (AvgIpc) is 1.95. The molecule has 0 aromatic heterocycles. The molecule has 104 valence electrons. The Bertz CT molecular complexity index is 406. The minimum absolute atomic E-state index is 0.383. The van der Waals surface area contributed by atoms with Crippen molar-refractivity contribution in [2.75, 3.05) is 0 Å². The molecule has 2 unspecified atom stereocenters. The smallest absolute Gasteiger partial charge is 0.322 e. The van der Waals surface area contributed by atoms with E-state index in [0.717, 1.165) is 6.92 Å². The molecule has 0 saturated heterocycles. The quantitative estimate of drug-likeness (QED) is 0.435. The zero-order valence-corrected chi connectivity index (χ0v) is 11.5. The molecule has 0 aliphatic rings. The summed E-state index contributed by atoms with van der Waals surface area (Å²) in [6.07, 6.45) is -0.383. The summed E-state index contributed by atoms with van der Waals surface area (Å²) < 4.78 is 40.1. The molecule has 0 rings (SSSR count). The van der Waals surface area contributed by atoms with Crippen molar-refractivity contribution < 1.29 is 47.0 Å². The average molecular weight is 314 g/mol. The van der Waals surface area contributed by atoms with Crippen LogP contribution in [0.15, 0.2) is 0 Å². The van der Waals surface area contributed by atoms with Crippen LogP contribution >= 0.6 is 23.2 Å². The molecule has 2 atom stereocenters. The Morgan fingerprint density at radius 1 is 1.06 bits per heavy atom. The summed E-state index contributed by atoms with van der Waals surface area (Å²) in [7, 11) is -15.6. The molecule has 0 aromatic carbocycles. The van der Waals surface area contributed by atoms with Gasteiger partial charge in [-0.05, 0) is 13.3 Å². The highest BCUT2D eigenvalue weighted by molar-refractivity contribution is 7.61. The van der Waals surface area contributed by atoms with Crippen LogP contribution in [0.3, 0.4) is 0 Å². The van der Waals surface area contributed by atoms with Crippen molar-refractivity contribution in [3.05, 3.63) is 0 Å². The van der Waals surface area contributed by atoms with Crippen molar-refractivity contribution in [2.45, 2.75) is 25.6 Å². The lowest BCUT2D eigenvalue weighted by atomic mass is 10.3. The summed E-state index contributed by atoms with van der Waals surface area (Å²) in [6.45, 7) is 2.07. The van der Waals surface area contributed by atoms with Crippen molar-refractivity contribution in [3.8, 4) is 0 Å². The summed E-state index contributed by atoms with van der Waals surface area (Å²) in [5.41, 5.74) is 0. The fraction of sp³-hybridized carbons (Fsp3) is 1.00. The molecule has 0 aliphatic heterocycles. The van der Waals surface area contributed by atoms with Gasteiger partial charge in [0.25, 0.3) is 0 Å². The largest absolute Gasteiger partial charge is 0.482 e. The first-order chi connectivity index (χ1) is 7.22. The zero-order chi connectivity index (χ0) is 14.1. The number of rotatable bonds is 6.